The smallest absolute Gasteiger partial charge is 0.203 e. The second-order valence-electron chi connectivity index (χ2n) is 3.70. The SMILES string of the molecule is Brc1ccc(-c2nsc(NC3CC3)n2)nc1. The van der Waals surface area contributed by atoms with Crippen LogP contribution in [0.2, 0.25) is 0 Å². The zero-order chi connectivity index (χ0) is 11.0. The molecule has 1 fully saturated rings. The minimum atomic E-state index is 0.610. The fourth-order valence-corrected chi connectivity index (χ4v) is 2.19. The molecule has 2 heterocycles. The third-order valence-electron chi connectivity index (χ3n) is 2.29. The van der Waals surface area contributed by atoms with Crippen LogP contribution in [0, 0.1) is 0 Å². The molecule has 0 saturated heterocycles. The molecule has 0 bridgehead atoms. The van der Waals surface area contributed by atoms with Gasteiger partial charge in [0.2, 0.25) is 5.13 Å². The van der Waals surface area contributed by atoms with Gasteiger partial charge in [-0.1, -0.05) is 0 Å². The molecule has 1 aliphatic rings. The molecule has 0 spiro atoms. The van der Waals surface area contributed by atoms with E-state index >= 15 is 0 Å². The fourth-order valence-electron chi connectivity index (χ4n) is 1.30. The molecule has 1 aliphatic carbocycles. The van der Waals surface area contributed by atoms with Crippen molar-refractivity contribution in [3.63, 3.8) is 0 Å². The average Bonchev–Trinajstić information content (AvgIpc) is 2.97. The molecule has 1 saturated carbocycles. The molecule has 4 nitrogen and oxygen atoms in total. The maximum atomic E-state index is 4.41. The number of pyridine rings is 1. The number of halogens is 1. The molecule has 82 valence electrons. The molecule has 0 unspecified atom stereocenters. The number of nitrogens with one attached hydrogen (secondary N) is 1. The van der Waals surface area contributed by atoms with Crippen molar-refractivity contribution in [1.29, 1.82) is 0 Å². The van der Waals surface area contributed by atoms with Crippen molar-refractivity contribution in [2.45, 2.75) is 18.9 Å². The second kappa shape index (κ2) is 4.10. The first-order valence-electron chi connectivity index (χ1n) is 5.03. The molecule has 0 amide bonds. The van der Waals surface area contributed by atoms with Crippen LogP contribution in [0.1, 0.15) is 12.8 Å². The average molecular weight is 297 g/mol. The standard InChI is InChI=1S/C10H9BrN4S/c11-6-1-4-8(12-5-6)9-14-10(16-15-9)13-7-2-3-7/h1,4-5,7H,2-3H2,(H,13,14,15). The lowest BCUT2D eigenvalue weighted by atomic mass is 10.3. The molecule has 3 rings (SSSR count). The summed E-state index contributed by atoms with van der Waals surface area (Å²) in [4.78, 5) is 8.67. The minimum absolute atomic E-state index is 0.610. The van der Waals surface area contributed by atoms with Crippen molar-refractivity contribution < 1.29 is 0 Å². The maximum Gasteiger partial charge on any atom is 0.203 e. The van der Waals surface area contributed by atoms with Crippen LogP contribution in [0.25, 0.3) is 11.5 Å². The van der Waals surface area contributed by atoms with Crippen LogP contribution in [-0.2, 0) is 0 Å². The monoisotopic (exact) mass is 296 g/mol. The molecule has 2 aromatic rings. The number of aromatic nitrogens is 3. The summed E-state index contributed by atoms with van der Waals surface area (Å²) in [6, 6.07) is 4.46. The van der Waals surface area contributed by atoms with E-state index in [1.54, 1.807) is 6.20 Å². The Labute approximate surface area is 105 Å². The Morgan fingerprint density at radius 3 is 2.94 bits per heavy atom. The van der Waals surface area contributed by atoms with Gasteiger partial charge in [0.1, 0.15) is 5.69 Å². The Hall–Kier alpha value is -1.01. The van der Waals surface area contributed by atoms with Crippen LogP contribution >= 0.6 is 27.5 Å². The van der Waals surface area contributed by atoms with Gasteiger partial charge in [-0.25, -0.2) is 0 Å². The van der Waals surface area contributed by atoms with Gasteiger partial charge < -0.3 is 5.32 Å². The van der Waals surface area contributed by atoms with Gasteiger partial charge in [0.05, 0.1) is 0 Å². The first kappa shape index (κ1) is 10.2. The van der Waals surface area contributed by atoms with Gasteiger partial charge in [-0.3, -0.25) is 4.98 Å². The summed E-state index contributed by atoms with van der Waals surface area (Å²) in [5.74, 6) is 0.695. The van der Waals surface area contributed by atoms with Crippen molar-refractivity contribution in [2.75, 3.05) is 5.32 Å². The summed E-state index contributed by atoms with van der Waals surface area (Å²) in [5, 5.41) is 4.22. The number of hydrogen-bond acceptors (Lipinski definition) is 5. The lowest BCUT2D eigenvalue weighted by Gasteiger charge is -1.95. The first-order valence-corrected chi connectivity index (χ1v) is 6.60. The summed E-state index contributed by atoms with van der Waals surface area (Å²) in [6.45, 7) is 0. The Balaban J connectivity index is 1.82. The number of nitrogens with zero attached hydrogens (tertiary/aromatic N) is 3. The summed E-state index contributed by atoms with van der Waals surface area (Å²) < 4.78 is 5.25. The summed E-state index contributed by atoms with van der Waals surface area (Å²) in [6.07, 6.45) is 4.24. The van der Waals surface area contributed by atoms with E-state index in [0.717, 1.165) is 15.3 Å². The minimum Gasteiger partial charge on any atom is -0.358 e. The summed E-state index contributed by atoms with van der Waals surface area (Å²) >= 11 is 4.74. The molecule has 0 radical (unpaired) electrons. The number of rotatable bonds is 3. The lowest BCUT2D eigenvalue weighted by molar-refractivity contribution is 1.13. The molecular weight excluding hydrogens is 288 g/mol. The van der Waals surface area contributed by atoms with Gasteiger partial charge in [-0.05, 0) is 40.9 Å². The Morgan fingerprint density at radius 1 is 1.38 bits per heavy atom. The predicted molar refractivity (Wildman–Crippen MR) is 67.5 cm³/mol. The van der Waals surface area contributed by atoms with Crippen LogP contribution in [0.3, 0.4) is 0 Å². The zero-order valence-corrected chi connectivity index (χ0v) is 10.8. The highest BCUT2D eigenvalue weighted by atomic mass is 79.9. The van der Waals surface area contributed by atoms with E-state index in [1.807, 2.05) is 12.1 Å². The second-order valence-corrected chi connectivity index (χ2v) is 5.37. The summed E-state index contributed by atoms with van der Waals surface area (Å²) in [7, 11) is 0. The van der Waals surface area contributed by atoms with Crippen molar-refractivity contribution in [2.24, 2.45) is 0 Å². The van der Waals surface area contributed by atoms with Crippen LogP contribution < -0.4 is 5.32 Å². The van der Waals surface area contributed by atoms with Crippen LogP contribution in [-0.4, -0.2) is 20.4 Å². The third-order valence-corrected chi connectivity index (χ3v) is 3.40. The van der Waals surface area contributed by atoms with E-state index < -0.39 is 0 Å². The topological polar surface area (TPSA) is 50.7 Å². The maximum absolute atomic E-state index is 4.41. The van der Waals surface area contributed by atoms with Crippen molar-refractivity contribution in [3.8, 4) is 11.5 Å². The predicted octanol–water partition coefficient (Wildman–Crippen LogP) is 2.94. The van der Waals surface area contributed by atoms with E-state index in [4.69, 9.17) is 0 Å². The quantitative estimate of drug-likeness (QED) is 0.946. The van der Waals surface area contributed by atoms with Crippen LogP contribution in [0.4, 0.5) is 5.13 Å². The Bertz CT molecular complexity index is 492. The number of anilines is 1. The van der Waals surface area contributed by atoms with Crippen molar-refractivity contribution >= 4 is 32.6 Å². The van der Waals surface area contributed by atoms with Gasteiger partial charge in [0, 0.05) is 28.2 Å². The normalized spacial score (nSPS) is 15.1. The van der Waals surface area contributed by atoms with Gasteiger partial charge in [0.25, 0.3) is 0 Å². The number of hydrogen-bond donors (Lipinski definition) is 1. The lowest BCUT2D eigenvalue weighted by Crippen LogP contribution is -1.99. The van der Waals surface area contributed by atoms with Gasteiger partial charge >= 0.3 is 0 Å². The van der Waals surface area contributed by atoms with E-state index in [1.165, 1.54) is 24.4 Å². The highest BCUT2D eigenvalue weighted by Crippen LogP contribution is 2.27. The molecule has 16 heavy (non-hydrogen) atoms. The Morgan fingerprint density at radius 2 is 2.25 bits per heavy atom. The first-order chi connectivity index (χ1) is 7.81. The van der Waals surface area contributed by atoms with Gasteiger partial charge in [-0.2, -0.15) is 9.36 Å². The third kappa shape index (κ3) is 2.22. The fraction of sp³-hybridized carbons (Fsp3) is 0.300. The molecule has 1 N–H and O–H groups in total. The van der Waals surface area contributed by atoms with Crippen molar-refractivity contribution in [1.82, 2.24) is 14.3 Å². The van der Waals surface area contributed by atoms with Crippen LogP contribution in [0.15, 0.2) is 22.8 Å². The Kier molecular flexibility index (Phi) is 2.61. The van der Waals surface area contributed by atoms with E-state index in [-0.39, 0.29) is 0 Å². The van der Waals surface area contributed by atoms with Gasteiger partial charge in [0.15, 0.2) is 5.82 Å². The van der Waals surface area contributed by atoms with E-state index in [0.29, 0.717) is 11.9 Å². The molecular formula is C10H9BrN4S. The van der Waals surface area contributed by atoms with Crippen molar-refractivity contribution in [3.05, 3.63) is 22.8 Å². The van der Waals surface area contributed by atoms with Gasteiger partial charge in [-0.15, -0.1) is 0 Å². The summed E-state index contributed by atoms with van der Waals surface area (Å²) in [5.41, 5.74) is 0.809. The molecule has 2 aromatic heterocycles. The molecule has 0 aliphatic heterocycles. The zero-order valence-electron chi connectivity index (χ0n) is 8.35. The van der Waals surface area contributed by atoms with E-state index in [9.17, 15) is 0 Å². The highest BCUT2D eigenvalue weighted by molar-refractivity contribution is 9.10. The molecule has 0 atom stereocenters. The van der Waals surface area contributed by atoms with Crippen LogP contribution in [0.5, 0.6) is 0 Å². The molecule has 6 heteroatoms. The largest absolute Gasteiger partial charge is 0.358 e. The van der Waals surface area contributed by atoms with E-state index in [2.05, 4.69) is 35.6 Å². The molecule has 0 aromatic carbocycles. The highest BCUT2D eigenvalue weighted by Gasteiger charge is 2.22.